The SMILES string of the molecule is COc1ccc(C(=O)Oc2cccc(C=NNC(=O)COc3ccccc3)c2)cc1. The van der Waals surface area contributed by atoms with Gasteiger partial charge in [-0.2, -0.15) is 5.10 Å². The third-order valence-electron chi connectivity index (χ3n) is 3.91. The first kappa shape index (κ1) is 20.6. The van der Waals surface area contributed by atoms with E-state index in [9.17, 15) is 9.59 Å². The van der Waals surface area contributed by atoms with Crippen LogP contribution in [-0.2, 0) is 4.79 Å². The fraction of sp³-hybridized carbons (Fsp3) is 0.0870. The van der Waals surface area contributed by atoms with Crippen molar-refractivity contribution in [3.05, 3.63) is 90.0 Å². The van der Waals surface area contributed by atoms with Gasteiger partial charge in [-0.1, -0.05) is 30.3 Å². The number of ether oxygens (including phenoxy) is 3. The first-order chi connectivity index (χ1) is 14.6. The first-order valence-electron chi connectivity index (χ1n) is 9.10. The van der Waals surface area contributed by atoms with Gasteiger partial charge in [0.15, 0.2) is 6.61 Å². The van der Waals surface area contributed by atoms with Crippen LogP contribution in [0, 0.1) is 0 Å². The molecule has 30 heavy (non-hydrogen) atoms. The largest absolute Gasteiger partial charge is 0.497 e. The van der Waals surface area contributed by atoms with Gasteiger partial charge in [-0.25, -0.2) is 10.2 Å². The second kappa shape index (κ2) is 10.4. The van der Waals surface area contributed by atoms with Gasteiger partial charge in [0.2, 0.25) is 0 Å². The van der Waals surface area contributed by atoms with E-state index in [0.29, 0.717) is 28.4 Å². The van der Waals surface area contributed by atoms with E-state index in [-0.39, 0.29) is 6.61 Å². The summed E-state index contributed by atoms with van der Waals surface area (Å²) in [5.41, 5.74) is 3.44. The van der Waals surface area contributed by atoms with Crippen LogP contribution in [0.4, 0.5) is 0 Å². The summed E-state index contributed by atoms with van der Waals surface area (Å²) in [6, 6.07) is 22.4. The van der Waals surface area contributed by atoms with E-state index < -0.39 is 11.9 Å². The summed E-state index contributed by atoms with van der Waals surface area (Å²) < 4.78 is 15.8. The highest BCUT2D eigenvalue weighted by atomic mass is 16.5. The predicted octanol–water partition coefficient (Wildman–Crippen LogP) is 3.44. The monoisotopic (exact) mass is 404 g/mol. The van der Waals surface area contributed by atoms with Crippen molar-refractivity contribution in [2.45, 2.75) is 0 Å². The molecule has 0 aromatic heterocycles. The highest BCUT2D eigenvalue weighted by Gasteiger charge is 2.09. The number of para-hydroxylation sites is 1. The Morgan fingerprint density at radius 2 is 1.63 bits per heavy atom. The number of hydrogen-bond donors (Lipinski definition) is 1. The Bertz CT molecular complexity index is 1020. The van der Waals surface area contributed by atoms with Crippen molar-refractivity contribution in [3.8, 4) is 17.2 Å². The number of methoxy groups -OCH3 is 1. The van der Waals surface area contributed by atoms with E-state index in [1.807, 2.05) is 18.2 Å². The van der Waals surface area contributed by atoms with Crippen LogP contribution in [0.2, 0.25) is 0 Å². The molecule has 0 radical (unpaired) electrons. The lowest BCUT2D eigenvalue weighted by atomic mass is 10.2. The summed E-state index contributed by atoms with van der Waals surface area (Å²) in [5, 5.41) is 3.89. The maximum atomic E-state index is 12.2. The molecular formula is C23H20N2O5. The summed E-state index contributed by atoms with van der Waals surface area (Å²) in [5.74, 6) is 0.734. The molecule has 0 spiro atoms. The number of hydrazone groups is 1. The zero-order chi connectivity index (χ0) is 21.2. The molecule has 0 fully saturated rings. The van der Waals surface area contributed by atoms with E-state index in [2.05, 4.69) is 10.5 Å². The third-order valence-corrected chi connectivity index (χ3v) is 3.91. The second-order valence-corrected chi connectivity index (χ2v) is 6.09. The van der Waals surface area contributed by atoms with Gasteiger partial charge in [-0.05, 0) is 54.1 Å². The van der Waals surface area contributed by atoms with Crippen LogP contribution in [0.1, 0.15) is 15.9 Å². The average molecular weight is 404 g/mol. The number of nitrogens with one attached hydrogen (secondary N) is 1. The molecule has 7 nitrogen and oxygen atoms in total. The summed E-state index contributed by atoms with van der Waals surface area (Å²) in [4.78, 5) is 24.0. The molecule has 0 aliphatic rings. The van der Waals surface area contributed by atoms with E-state index in [1.54, 1.807) is 67.8 Å². The number of carbonyl (C=O) groups excluding carboxylic acids is 2. The molecule has 1 amide bonds. The smallest absolute Gasteiger partial charge is 0.343 e. The van der Waals surface area contributed by atoms with Crippen molar-refractivity contribution in [3.63, 3.8) is 0 Å². The minimum Gasteiger partial charge on any atom is -0.497 e. The summed E-state index contributed by atoms with van der Waals surface area (Å²) in [6.07, 6.45) is 1.45. The predicted molar refractivity (Wildman–Crippen MR) is 112 cm³/mol. The normalized spacial score (nSPS) is 10.4. The van der Waals surface area contributed by atoms with Crippen LogP contribution < -0.4 is 19.6 Å². The zero-order valence-electron chi connectivity index (χ0n) is 16.3. The van der Waals surface area contributed by atoms with Gasteiger partial charge >= 0.3 is 5.97 Å². The van der Waals surface area contributed by atoms with Crippen molar-refractivity contribution in [1.29, 1.82) is 0 Å². The fourth-order valence-electron chi connectivity index (χ4n) is 2.43. The first-order valence-corrected chi connectivity index (χ1v) is 9.10. The number of esters is 1. The summed E-state index contributed by atoms with van der Waals surface area (Å²) in [7, 11) is 1.55. The highest BCUT2D eigenvalue weighted by molar-refractivity contribution is 5.91. The second-order valence-electron chi connectivity index (χ2n) is 6.09. The Morgan fingerprint density at radius 3 is 2.37 bits per heavy atom. The Kier molecular flexibility index (Phi) is 7.16. The van der Waals surface area contributed by atoms with Crippen LogP contribution in [0.15, 0.2) is 84.0 Å². The number of carbonyl (C=O) groups is 2. The lowest BCUT2D eigenvalue weighted by Crippen LogP contribution is -2.24. The average Bonchev–Trinajstić information content (AvgIpc) is 2.79. The molecule has 7 heteroatoms. The van der Waals surface area contributed by atoms with Gasteiger partial charge in [-0.15, -0.1) is 0 Å². The molecule has 3 rings (SSSR count). The number of rotatable bonds is 8. The van der Waals surface area contributed by atoms with Crippen molar-refractivity contribution >= 4 is 18.1 Å². The van der Waals surface area contributed by atoms with Crippen molar-refractivity contribution in [2.24, 2.45) is 5.10 Å². The number of benzene rings is 3. The molecule has 0 aliphatic heterocycles. The molecule has 0 unspecified atom stereocenters. The Labute approximate surface area is 173 Å². The maximum absolute atomic E-state index is 12.2. The molecule has 3 aromatic rings. The molecule has 0 saturated heterocycles. The Hall–Kier alpha value is -4.13. The van der Waals surface area contributed by atoms with Gasteiger partial charge in [-0.3, -0.25) is 4.79 Å². The van der Waals surface area contributed by atoms with Crippen LogP contribution in [0.25, 0.3) is 0 Å². The molecule has 0 bridgehead atoms. The van der Waals surface area contributed by atoms with E-state index in [4.69, 9.17) is 14.2 Å². The zero-order valence-corrected chi connectivity index (χ0v) is 16.3. The van der Waals surface area contributed by atoms with Gasteiger partial charge in [0.05, 0.1) is 18.9 Å². The molecule has 0 saturated carbocycles. The van der Waals surface area contributed by atoms with Crippen LogP contribution in [-0.4, -0.2) is 31.8 Å². The van der Waals surface area contributed by atoms with Gasteiger partial charge < -0.3 is 14.2 Å². The molecular weight excluding hydrogens is 384 g/mol. The topological polar surface area (TPSA) is 86.2 Å². The fourth-order valence-corrected chi connectivity index (χ4v) is 2.43. The summed E-state index contributed by atoms with van der Waals surface area (Å²) in [6.45, 7) is -0.152. The van der Waals surface area contributed by atoms with Crippen molar-refractivity contribution in [1.82, 2.24) is 5.43 Å². The minimum atomic E-state index is -0.488. The van der Waals surface area contributed by atoms with E-state index in [0.717, 1.165) is 0 Å². The quantitative estimate of drug-likeness (QED) is 0.269. The molecule has 3 aromatic carbocycles. The number of nitrogens with zero attached hydrogens (tertiary/aromatic N) is 1. The van der Waals surface area contributed by atoms with E-state index in [1.165, 1.54) is 6.21 Å². The van der Waals surface area contributed by atoms with Crippen LogP contribution in [0.5, 0.6) is 17.2 Å². The third kappa shape index (κ3) is 6.20. The maximum Gasteiger partial charge on any atom is 0.343 e. The standard InChI is InChI=1S/C23H20N2O5/c1-28-19-12-10-18(11-13-19)23(27)30-21-9-5-6-17(14-21)15-24-25-22(26)16-29-20-7-3-2-4-8-20/h2-15H,16H2,1H3,(H,25,26). The highest BCUT2D eigenvalue weighted by Crippen LogP contribution is 2.16. The molecule has 1 N–H and O–H groups in total. The lowest BCUT2D eigenvalue weighted by Gasteiger charge is -2.06. The van der Waals surface area contributed by atoms with Gasteiger partial charge in [0.25, 0.3) is 5.91 Å². The van der Waals surface area contributed by atoms with Crippen molar-refractivity contribution in [2.75, 3.05) is 13.7 Å². The Morgan fingerprint density at radius 1 is 0.900 bits per heavy atom. The van der Waals surface area contributed by atoms with Gasteiger partial charge in [0, 0.05) is 0 Å². The molecule has 0 atom stereocenters. The number of amides is 1. The Balaban J connectivity index is 1.51. The molecule has 152 valence electrons. The van der Waals surface area contributed by atoms with Gasteiger partial charge in [0.1, 0.15) is 17.2 Å². The van der Waals surface area contributed by atoms with E-state index >= 15 is 0 Å². The van der Waals surface area contributed by atoms with Crippen LogP contribution >= 0.6 is 0 Å². The molecule has 0 heterocycles. The van der Waals surface area contributed by atoms with Crippen molar-refractivity contribution < 1.29 is 23.8 Å². The van der Waals surface area contributed by atoms with Crippen LogP contribution in [0.3, 0.4) is 0 Å². The minimum absolute atomic E-state index is 0.152. The number of hydrogen-bond acceptors (Lipinski definition) is 6. The lowest BCUT2D eigenvalue weighted by molar-refractivity contribution is -0.123. The summed E-state index contributed by atoms with van der Waals surface area (Å²) >= 11 is 0. The molecule has 0 aliphatic carbocycles.